The zero-order chi connectivity index (χ0) is 12.6. The molecule has 1 aromatic carbocycles. The molecule has 1 aromatic heterocycles. The first-order valence-corrected chi connectivity index (χ1v) is 6.38. The van der Waals surface area contributed by atoms with Gasteiger partial charge in [-0.15, -0.1) is 0 Å². The van der Waals surface area contributed by atoms with Crippen LogP contribution in [0.15, 0.2) is 36.5 Å². The van der Waals surface area contributed by atoms with Gasteiger partial charge in [0.05, 0.1) is 11.1 Å². The number of benzene rings is 1. The van der Waals surface area contributed by atoms with Gasteiger partial charge in [0.15, 0.2) is 5.78 Å². The van der Waals surface area contributed by atoms with Gasteiger partial charge in [0, 0.05) is 17.1 Å². The lowest BCUT2D eigenvalue weighted by molar-refractivity contribution is 0.0892. The number of nitrogens with two attached hydrogens (primary N) is 1. The molecule has 2 aromatic rings. The molecule has 1 aliphatic carbocycles. The first-order valence-electron chi connectivity index (χ1n) is 6.38. The average molecular weight is 240 g/mol. The maximum absolute atomic E-state index is 12.5. The minimum Gasteiger partial charge on any atom is -0.319 e. The monoisotopic (exact) mass is 240 g/mol. The third kappa shape index (κ3) is 1.81. The number of nitrogens with zero attached hydrogens (tertiary/aromatic N) is 1. The van der Waals surface area contributed by atoms with Crippen LogP contribution in [0.5, 0.6) is 0 Å². The van der Waals surface area contributed by atoms with E-state index in [1.807, 2.05) is 30.3 Å². The highest BCUT2D eigenvalue weighted by Crippen LogP contribution is 2.31. The molecule has 18 heavy (non-hydrogen) atoms. The maximum Gasteiger partial charge on any atom is 0.182 e. The lowest BCUT2D eigenvalue weighted by Crippen LogP contribution is -2.45. The molecule has 0 aliphatic heterocycles. The molecule has 2 N–H and O–H groups in total. The first-order chi connectivity index (χ1) is 8.69. The summed E-state index contributed by atoms with van der Waals surface area (Å²) in [6, 6.07) is 9.48. The van der Waals surface area contributed by atoms with Gasteiger partial charge in [-0.2, -0.15) is 0 Å². The Morgan fingerprint density at radius 1 is 1.22 bits per heavy atom. The molecular weight excluding hydrogens is 224 g/mol. The van der Waals surface area contributed by atoms with Crippen molar-refractivity contribution < 1.29 is 4.79 Å². The number of carbonyl (C=O) groups excluding carboxylic acids is 1. The standard InChI is InChI=1S/C15H16N2O/c16-15(7-1-2-8-15)14(18)12-5-6-13-11(10-12)4-3-9-17-13/h3-6,9-10H,1-2,7-8,16H2. The summed E-state index contributed by atoms with van der Waals surface area (Å²) in [5, 5.41) is 0.991. The van der Waals surface area contributed by atoms with Crippen LogP contribution in [0.3, 0.4) is 0 Å². The minimum absolute atomic E-state index is 0.0748. The second-order valence-electron chi connectivity index (χ2n) is 5.10. The maximum atomic E-state index is 12.5. The number of hydrogen-bond donors (Lipinski definition) is 1. The summed E-state index contributed by atoms with van der Waals surface area (Å²) in [4.78, 5) is 16.7. The largest absolute Gasteiger partial charge is 0.319 e. The molecule has 0 spiro atoms. The first kappa shape index (κ1) is 11.4. The van der Waals surface area contributed by atoms with Gasteiger partial charge in [-0.3, -0.25) is 9.78 Å². The molecule has 0 unspecified atom stereocenters. The second-order valence-corrected chi connectivity index (χ2v) is 5.10. The number of fused-ring (bicyclic) bond motifs is 1. The molecule has 0 bridgehead atoms. The molecule has 1 saturated carbocycles. The highest BCUT2D eigenvalue weighted by molar-refractivity contribution is 6.05. The molecule has 0 amide bonds. The van der Waals surface area contributed by atoms with E-state index in [4.69, 9.17) is 5.73 Å². The SMILES string of the molecule is NC1(C(=O)c2ccc3ncccc3c2)CCCC1. The molecule has 3 heteroatoms. The molecule has 1 fully saturated rings. The van der Waals surface area contributed by atoms with Crippen LogP contribution in [0.25, 0.3) is 10.9 Å². The highest BCUT2D eigenvalue weighted by atomic mass is 16.1. The molecule has 3 nitrogen and oxygen atoms in total. The lowest BCUT2D eigenvalue weighted by atomic mass is 9.88. The van der Waals surface area contributed by atoms with Crippen molar-refractivity contribution in [3.05, 3.63) is 42.1 Å². The molecule has 0 saturated heterocycles. The van der Waals surface area contributed by atoms with Gasteiger partial charge < -0.3 is 5.73 Å². The Morgan fingerprint density at radius 3 is 2.78 bits per heavy atom. The smallest absolute Gasteiger partial charge is 0.182 e. The summed E-state index contributed by atoms with van der Waals surface area (Å²) < 4.78 is 0. The van der Waals surface area contributed by atoms with Gasteiger partial charge in [-0.25, -0.2) is 0 Å². The van der Waals surface area contributed by atoms with Crippen molar-refractivity contribution in [2.45, 2.75) is 31.2 Å². The topological polar surface area (TPSA) is 56.0 Å². The van der Waals surface area contributed by atoms with E-state index in [-0.39, 0.29) is 5.78 Å². The van der Waals surface area contributed by atoms with Crippen LogP contribution in [0.1, 0.15) is 36.0 Å². The van der Waals surface area contributed by atoms with Crippen LogP contribution < -0.4 is 5.73 Å². The van der Waals surface area contributed by atoms with Crippen molar-refractivity contribution in [3.63, 3.8) is 0 Å². The van der Waals surface area contributed by atoms with E-state index in [9.17, 15) is 4.79 Å². The third-order valence-corrected chi connectivity index (χ3v) is 3.81. The summed E-state index contributed by atoms with van der Waals surface area (Å²) >= 11 is 0. The van der Waals surface area contributed by atoms with E-state index in [1.54, 1.807) is 6.20 Å². The van der Waals surface area contributed by atoms with E-state index in [1.165, 1.54) is 0 Å². The zero-order valence-electron chi connectivity index (χ0n) is 10.2. The van der Waals surface area contributed by atoms with Crippen molar-refractivity contribution in [1.82, 2.24) is 4.98 Å². The number of Topliss-reactive ketones (excluding diaryl/α,β-unsaturated/α-hetero) is 1. The van der Waals surface area contributed by atoms with Crippen molar-refractivity contribution >= 4 is 16.7 Å². The molecule has 0 atom stereocenters. The van der Waals surface area contributed by atoms with Gasteiger partial charge in [-0.05, 0) is 37.1 Å². The van der Waals surface area contributed by atoms with Gasteiger partial charge in [0.25, 0.3) is 0 Å². The van der Waals surface area contributed by atoms with Crippen LogP contribution in [0, 0.1) is 0 Å². The quantitative estimate of drug-likeness (QED) is 0.821. The van der Waals surface area contributed by atoms with E-state index >= 15 is 0 Å². The predicted octanol–water partition coefficient (Wildman–Crippen LogP) is 2.69. The number of rotatable bonds is 2. The van der Waals surface area contributed by atoms with Crippen molar-refractivity contribution in [2.75, 3.05) is 0 Å². The molecule has 1 heterocycles. The Hall–Kier alpha value is -1.74. The summed E-state index contributed by atoms with van der Waals surface area (Å²) in [5.74, 6) is 0.0748. The normalized spacial score (nSPS) is 18.1. The van der Waals surface area contributed by atoms with E-state index < -0.39 is 5.54 Å². The van der Waals surface area contributed by atoms with Gasteiger partial charge in [-0.1, -0.05) is 18.9 Å². The average Bonchev–Trinajstić information content (AvgIpc) is 2.85. The molecule has 1 aliphatic rings. The molecule has 0 radical (unpaired) electrons. The zero-order valence-corrected chi connectivity index (χ0v) is 10.2. The molecule has 3 rings (SSSR count). The fraction of sp³-hybridized carbons (Fsp3) is 0.333. The number of ketones is 1. The number of aromatic nitrogens is 1. The fourth-order valence-electron chi connectivity index (χ4n) is 2.74. The molecular formula is C15H16N2O. The van der Waals surface area contributed by atoms with E-state index in [0.717, 1.165) is 36.6 Å². The molecule has 92 valence electrons. The summed E-state index contributed by atoms with van der Waals surface area (Å²) in [7, 11) is 0. The summed E-state index contributed by atoms with van der Waals surface area (Å²) in [5.41, 5.74) is 7.19. The van der Waals surface area contributed by atoms with E-state index in [2.05, 4.69) is 4.98 Å². The van der Waals surface area contributed by atoms with Gasteiger partial charge in [0.1, 0.15) is 0 Å². The Bertz CT molecular complexity index is 600. The van der Waals surface area contributed by atoms with Crippen molar-refractivity contribution in [2.24, 2.45) is 5.73 Å². The third-order valence-electron chi connectivity index (χ3n) is 3.81. The highest BCUT2D eigenvalue weighted by Gasteiger charge is 2.37. The minimum atomic E-state index is -0.643. The van der Waals surface area contributed by atoms with Gasteiger partial charge >= 0.3 is 0 Å². The predicted molar refractivity (Wildman–Crippen MR) is 71.5 cm³/mol. The van der Waals surface area contributed by atoms with Crippen molar-refractivity contribution in [3.8, 4) is 0 Å². The van der Waals surface area contributed by atoms with Crippen LogP contribution in [-0.2, 0) is 0 Å². The van der Waals surface area contributed by atoms with Gasteiger partial charge in [0.2, 0.25) is 0 Å². The Kier molecular flexibility index (Phi) is 2.63. The second kappa shape index (κ2) is 4.18. The number of pyridine rings is 1. The number of carbonyl (C=O) groups is 1. The van der Waals surface area contributed by atoms with Crippen LogP contribution in [0.4, 0.5) is 0 Å². The Balaban J connectivity index is 2.01. The summed E-state index contributed by atoms with van der Waals surface area (Å²) in [6.07, 6.45) is 5.47. The van der Waals surface area contributed by atoms with Crippen LogP contribution >= 0.6 is 0 Å². The van der Waals surface area contributed by atoms with E-state index in [0.29, 0.717) is 5.56 Å². The fourth-order valence-corrected chi connectivity index (χ4v) is 2.74. The van der Waals surface area contributed by atoms with Crippen molar-refractivity contribution in [1.29, 1.82) is 0 Å². The lowest BCUT2D eigenvalue weighted by Gasteiger charge is -2.21. The summed E-state index contributed by atoms with van der Waals surface area (Å²) in [6.45, 7) is 0. The van der Waals surface area contributed by atoms with Crippen LogP contribution in [0.2, 0.25) is 0 Å². The number of hydrogen-bond acceptors (Lipinski definition) is 3. The van der Waals surface area contributed by atoms with Crippen LogP contribution in [-0.4, -0.2) is 16.3 Å². The Labute approximate surface area is 106 Å². The Morgan fingerprint density at radius 2 is 2.00 bits per heavy atom.